The molecule has 1 unspecified atom stereocenters. The first-order chi connectivity index (χ1) is 9.38. The fourth-order valence-electron chi connectivity index (χ4n) is 2.18. The van der Waals surface area contributed by atoms with Crippen molar-refractivity contribution in [2.75, 3.05) is 6.54 Å². The van der Waals surface area contributed by atoms with Crippen molar-refractivity contribution in [2.24, 2.45) is 11.1 Å². The second-order valence-corrected chi connectivity index (χ2v) is 6.01. The van der Waals surface area contributed by atoms with Gasteiger partial charge in [-0.15, -0.1) is 0 Å². The van der Waals surface area contributed by atoms with Crippen LogP contribution in [0.1, 0.15) is 50.4 Å². The van der Waals surface area contributed by atoms with Crippen molar-refractivity contribution in [1.29, 1.82) is 0 Å². The molecule has 0 aliphatic carbocycles. The maximum absolute atomic E-state index is 12.0. The minimum atomic E-state index is -0.472. The molecular weight excluding hydrogens is 258 g/mol. The van der Waals surface area contributed by atoms with Crippen LogP contribution in [-0.4, -0.2) is 28.9 Å². The molecule has 1 aromatic rings. The minimum Gasteiger partial charge on any atom is -0.387 e. The van der Waals surface area contributed by atoms with Crippen LogP contribution < -0.4 is 5.32 Å². The molecule has 6 nitrogen and oxygen atoms in total. The van der Waals surface area contributed by atoms with E-state index in [9.17, 15) is 4.79 Å². The summed E-state index contributed by atoms with van der Waals surface area (Å²) in [5.74, 6) is 0.434. The molecular formula is C14H21N3O3. The normalized spacial score (nSPS) is 21.8. The van der Waals surface area contributed by atoms with Gasteiger partial charge in [-0.2, -0.15) is 0 Å². The maximum atomic E-state index is 12.0. The fourth-order valence-corrected chi connectivity index (χ4v) is 2.18. The highest BCUT2D eigenvalue weighted by Gasteiger charge is 2.33. The number of amides is 1. The molecule has 110 valence electrons. The van der Waals surface area contributed by atoms with E-state index in [1.807, 2.05) is 13.8 Å². The van der Waals surface area contributed by atoms with Crippen LogP contribution in [0.4, 0.5) is 0 Å². The molecule has 0 radical (unpaired) electrons. The fraction of sp³-hybridized carbons (Fsp3) is 0.643. The predicted molar refractivity (Wildman–Crippen MR) is 74.6 cm³/mol. The van der Waals surface area contributed by atoms with Crippen molar-refractivity contribution in [1.82, 2.24) is 10.5 Å². The third-order valence-electron chi connectivity index (χ3n) is 3.07. The second-order valence-electron chi connectivity index (χ2n) is 6.01. The van der Waals surface area contributed by atoms with E-state index < -0.39 is 5.60 Å². The van der Waals surface area contributed by atoms with Crippen LogP contribution >= 0.6 is 0 Å². The Bertz CT molecular complexity index is 521. The van der Waals surface area contributed by atoms with E-state index in [4.69, 9.17) is 9.36 Å². The summed E-state index contributed by atoms with van der Waals surface area (Å²) < 4.78 is 5.07. The van der Waals surface area contributed by atoms with Gasteiger partial charge in [0.2, 0.25) is 5.76 Å². The molecule has 2 rings (SSSR count). The van der Waals surface area contributed by atoms with Gasteiger partial charge in [-0.1, -0.05) is 24.2 Å². The monoisotopic (exact) mass is 279 g/mol. The molecule has 1 aliphatic heterocycles. The Balaban J connectivity index is 1.87. The van der Waals surface area contributed by atoms with Crippen LogP contribution in [0.5, 0.6) is 0 Å². The molecule has 1 aromatic heterocycles. The van der Waals surface area contributed by atoms with E-state index in [-0.39, 0.29) is 11.7 Å². The van der Waals surface area contributed by atoms with Crippen molar-refractivity contribution < 1.29 is 14.2 Å². The number of nitrogens with one attached hydrogen (secondary N) is 1. The number of aromatic nitrogens is 1. The third-order valence-corrected chi connectivity index (χ3v) is 3.07. The highest BCUT2D eigenvalue weighted by Crippen LogP contribution is 2.22. The lowest BCUT2D eigenvalue weighted by Gasteiger charge is -2.21. The zero-order valence-corrected chi connectivity index (χ0v) is 12.4. The lowest BCUT2D eigenvalue weighted by atomic mass is 10.0. The molecule has 0 spiro atoms. The summed E-state index contributed by atoms with van der Waals surface area (Å²) in [6.45, 7) is 8.39. The van der Waals surface area contributed by atoms with Gasteiger partial charge in [0.05, 0.1) is 18.0 Å². The van der Waals surface area contributed by atoms with Crippen molar-refractivity contribution in [3.8, 4) is 0 Å². The van der Waals surface area contributed by atoms with Crippen LogP contribution in [0.25, 0.3) is 0 Å². The number of hydrogen-bond acceptors (Lipinski definition) is 5. The van der Waals surface area contributed by atoms with Gasteiger partial charge >= 0.3 is 0 Å². The largest absolute Gasteiger partial charge is 0.387 e. The molecule has 0 aromatic carbocycles. The van der Waals surface area contributed by atoms with E-state index in [2.05, 4.69) is 29.5 Å². The number of carbonyl (C=O) groups excluding carboxylic acids is 1. The Morgan fingerprint density at radius 1 is 1.55 bits per heavy atom. The Kier molecular flexibility index (Phi) is 4.11. The molecule has 0 saturated heterocycles. The van der Waals surface area contributed by atoms with Crippen LogP contribution in [0.2, 0.25) is 0 Å². The molecule has 6 heteroatoms. The number of rotatable bonds is 5. The summed E-state index contributed by atoms with van der Waals surface area (Å²) >= 11 is 0. The van der Waals surface area contributed by atoms with Crippen molar-refractivity contribution in [3.63, 3.8) is 0 Å². The van der Waals surface area contributed by atoms with Crippen LogP contribution in [0.3, 0.4) is 0 Å². The Hall–Kier alpha value is -1.85. The SMILES string of the molecule is CC1=NOC(C)(CNC(=O)c2cc(CC(C)C)no2)C1. The van der Waals surface area contributed by atoms with Gasteiger partial charge in [0, 0.05) is 12.5 Å². The van der Waals surface area contributed by atoms with Gasteiger partial charge < -0.3 is 14.7 Å². The summed E-state index contributed by atoms with van der Waals surface area (Å²) in [7, 11) is 0. The van der Waals surface area contributed by atoms with Gasteiger partial charge in [0.1, 0.15) is 0 Å². The van der Waals surface area contributed by atoms with Gasteiger partial charge in [-0.05, 0) is 26.2 Å². The zero-order chi connectivity index (χ0) is 14.8. The number of hydrogen-bond donors (Lipinski definition) is 1. The van der Waals surface area contributed by atoms with Gasteiger partial charge in [0.15, 0.2) is 5.60 Å². The number of carbonyl (C=O) groups is 1. The van der Waals surface area contributed by atoms with Gasteiger partial charge in [0.25, 0.3) is 5.91 Å². The average molecular weight is 279 g/mol. The first-order valence-electron chi connectivity index (χ1n) is 6.83. The third kappa shape index (κ3) is 3.59. The first kappa shape index (κ1) is 14.6. The van der Waals surface area contributed by atoms with Gasteiger partial charge in [-0.3, -0.25) is 4.79 Å². The molecule has 1 amide bonds. The van der Waals surface area contributed by atoms with E-state index >= 15 is 0 Å². The standard InChI is InChI=1S/C14H21N3O3/c1-9(2)5-11-6-12(19-17-11)13(18)15-8-14(4)7-10(3)16-20-14/h6,9H,5,7-8H2,1-4H3,(H,15,18). The molecule has 0 bridgehead atoms. The van der Waals surface area contributed by atoms with Crippen LogP contribution in [0.15, 0.2) is 15.7 Å². The van der Waals surface area contributed by atoms with E-state index in [0.717, 1.165) is 17.8 Å². The summed E-state index contributed by atoms with van der Waals surface area (Å²) in [5.41, 5.74) is 1.26. The summed E-state index contributed by atoms with van der Waals surface area (Å²) in [5, 5.41) is 10.6. The predicted octanol–water partition coefficient (Wildman–Crippen LogP) is 2.16. The Morgan fingerprint density at radius 2 is 2.30 bits per heavy atom. The van der Waals surface area contributed by atoms with Crippen molar-refractivity contribution in [3.05, 3.63) is 17.5 Å². The average Bonchev–Trinajstić information content (AvgIpc) is 2.94. The second kappa shape index (κ2) is 5.64. The molecule has 0 fully saturated rings. The maximum Gasteiger partial charge on any atom is 0.290 e. The highest BCUT2D eigenvalue weighted by atomic mass is 16.7. The quantitative estimate of drug-likeness (QED) is 0.896. The smallest absolute Gasteiger partial charge is 0.290 e. The minimum absolute atomic E-state index is 0.236. The van der Waals surface area contributed by atoms with Crippen LogP contribution in [-0.2, 0) is 11.3 Å². The van der Waals surface area contributed by atoms with Crippen molar-refractivity contribution in [2.45, 2.75) is 46.1 Å². The Labute approximate surface area is 118 Å². The summed E-state index contributed by atoms with van der Waals surface area (Å²) in [6, 6.07) is 1.69. The molecule has 0 saturated carbocycles. The molecule has 1 N–H and O–H groups in total. The van der Waals surface area contributed by atoms with Gasteiger partial charge in [-0.25, -0.2) is 0 Å². The lowest BCUT2D eigenvalue weighted by molar-refractivity contribution is -0.00204. The summed E-state index contributed by atoms with van der Waals surface area (Å²) in [4.78, 5) is 17.3. The summed E-state index contributed by atoms with van der Waals surface area (Å²) in [6.07, 6.45) is 1.51. The first-order valence-corrected chi connectivity index (χ1v) is 6.83. The highest BCUT2D eigenvalue weighted by molar-refractivity contribution is 5.91. The number of oxime groups is 1. The van der Waals surface area contributed by atoms with Crippen LogP contribution in [0, 0.1) is 5.92 Å². The van der Waals surface area contributed by atoms with Crippen molar-refractivity contribution >= 4 is 11.6 Å². The number of nitrogens with zero attached hydrogens (tertiary/aromatic N) is 2. The van der Waals surface area contributed by atoms with E-state index in [0.29, 0.717) is 18.9 Å². The zero-order valence-electron chi connectivity index (χ0n) is 12.4. The lowest BCUT2D eigenvalue weighted by Crippen LogP contribution is -2.40. The van der Waals surface area contributed by atoms with E-state index in [1.165, 1.54) is 0 Å². The Morgan fingerprint density at radius 3 is 2.90 bits per heavy atom. The molecule has 1 atom stereocenters. The molecule has 1 aliphatic rings. The van der Waals surface area contributed by atoms with E-state index in [1.54, 1.807) is 6.07 Å². The topological polar surface area (TPSA) is 76.7 Å². The molecule has 2 heterocycles. The molecule has 20 heavy (non-hydrogen) atoms.